The maximum Gasteiger partial charge on any atom is 0.350 e. The number of azo groups is 1. The lowest BCUT2D eigenvalue weighted by atomic mass is 10.1. The summed E-state index contributed by atoms with van der Waals surface area (Å²) in [5.41, 5.74) is 7.21. The Hall–Kier alpha value is -3.97. The van der Waals surface area contributed by atoms with Gasteiger partial charge in [0.15, 0.2) is 0 Å². The lowest BCUT2D eigenvalue weighted by Crippen LogP contribution is -2.33. The van der Waals surface area contributed by atoms with Gasteiger partial charge in [0.25, 0.3) is 0 Å². The predicted molar refractivity (Wildman–Crippen MR) is 130 cm³/mol. The second-order valence-corrected chi connectivity index (χ2v) is 8.38. The average Bonchev–Trinajstić information content (AvgIpc) is 3.34. The minimum absolute atomic E-state index is 0.415. The number of aromatic nitrogens is 2. The van der Waals surface area contributed by atoms with Crippen LogP contribution in [0.4, 0.5) is 11.4 Å². The minimum Gasteiger partial charge on any atom is -0.465 e. The van der Waals surface area contributed by atoms with Crippen LogP contribution in [0.1, 0.15) is 22.2 Å². The predicted octanol–water partition coefficient (Wildman–Crippen LogP) is 6.49. The Balaban J connectivity index is 1.69. The van der Waals surface area contributed by atoms with E-state index in [0.717, 1.165) is 34.2 Å². The Labute approximate surface area is 194 Å². The van der Waals surface area contributed by atoms with Crippen molar-refractivity contribution < 1.29 is 14.1 Å². The summed E-state index contributed by atoms with van der Waals surface area (Å²) in [6.07, 6.45) is 0.945. The van der Waals surface area contributed by atoms with E-state index in [9.17, 15) is 4.79 Å². The van der Waals surface area contributed by atoms with Crippen LogP contribution < -0.4 is 4.57 Å². The lowest BCUT2D eigenvalue weighted by Gasteiger charge is -2.07. The Morgan fingerprint density at radius 1 is 0.970 bits per heavy atom. The molecule has 7 heteroatoms. The van der Waals surface area contributed by atoms with Crippen LogP contribution in [0.5, 0.6) is 0 Å². The van der Waals surface area contributed by atoms with Gasteiger partial charge in [0.05, 0.1) is 12.8 Å². The molecule has 0 saturated heterocycles. The Morgan fingerprint density at radius 3 is 2.48 bits per heavy atom. The number of fused-ring (bicyclic) bond motifs is 2. The van der Waals surface area contributed by atoms with Gasteiger partial charge in [-0.1, -0.05) is 31.2 Å². The summed E-state index contributed by atoms with van der Waals surface area (Å²) in [6.45, 7) is 2.15. The molecule has 2 aromatic heterocycles. The van der Waals surface area contributed by atoms with E-state index in [2.05, 4.69) is 52.1 Å². The molecule has 5 rings (SSSR count). The van der Waals surface area contributed by atoms with Crippen LogP contribution in [0.25, 0.3) is 27.8 Å². The minimum atomic E-state index is -0.415. The highest BCUT2D eigenvalue weighted by Crippen LogP contribution is 2.29. The molecule has 6 nitrogen and oxygen atoms in total. The van der Waals surface area contributed by atoms with Crippen molar-refractivity contribution in [2.45, 2.75) is 13.3 Å². The van der Waals surface area contributed by atoms with Crippen LogP contribution >= 0.6 is 11.3 Å². The van der Waals surface area contributed by atoms with Crippen molar-refractivity contribution in [3.05, 3.63) is 88.6 Å². The van der Waals surface area contributed by atoms with Gasteiger partial charge in [-0.2, -0.15) is 5.11 Å². The average molecular weight is 454 g/mol. The second kappa shape index (κ2) is 8.88. The number of esters is 1. The standard InChI is InChI=1S/C26H21N4O2S/c1-3-17-9-11-20-23(15-17)30(19-7-5-4-6-8-19)24-16-18(10-12-21(24)27-20)28-29-22-13-14-33-25(22)26(31)32-2/h4-16H,3H2,1-2H3/q+1. The lowest BCUT2D eigenvalue weighted by molar-refractivity contribution is -0.538. The van der Waals surface area contributed by atoms with Gasteiger partial charge in [-0.15, -0.1) is 21.0 Å². The van der Waals surface area contributed by atoms with Crippen molar-refractivity contribution in [1.29, 1.82) is 0 Å². The first-order valence-electron chi connectivity index (χ1n) is 10.6. The summed E-state index contributed by atoms with van der Waals surface area (Å²) in [7, 11) is 1.36. The van der Waals surface area contributed by atoms with Crippen LogP contribution in [-0.2, 0) is 11.2 Å². The zero-order chi connectivity index (χ0) is 22.8. The molecule has 0 N–H and O–H groups in total. The first-order chi connectivity index (χ1) is 16.2. The summed E-state index contributed by atoms with van der Waals surface area (Å²) in [5.74, 6) is -0.415. The molecule has 0 aliphatic heterocycles. The van der Waals surface area contributed by atoms with E-state index in [1.54, 1.807) is 11.4 Å². The van der Waals surface area contributed by atoms with Gasteiger partial charge in [-0.25, -0.2) is 9.78 Å². The highest BCUT2D eigenvalue weighted by atomic mass is 32.1. The van der Waals surface area contributed by atoms with Crippen molar-refractivity contribution in [3.63, 3.8) is 0 Å². The molecule has 0 unspecified atom stereocenters. The normalized spacial score (nSPS) is 11.5. The Kier molecular flexibility index (Phi) is 5.62. The smallest absolute Gasteiger partial charge is 0.350 e. The molecule has 33 heavy (non-hydrogen) atoms. The fourth-order valence-electron chi connectivity index (χ4n) is 3.76. The summed E-state index contributed by atoms with van der Waals surface area (Å²) < 4.78 is 7.04. The number of rotatable bonds is 5. The van der Waals surface area contributed by atoms with E-state index >= 15 is 0 Å². The fourth-order valence-corrected chi connectivity index (χ4v) is 4.51. The number of ether oxygens (including phenoxy) is 1. The second-order valence-electron chi connectivity index (χ2n) is 7.46. The van der Waals surface area contributed by atoms with Gasteiger partial charge in [0.1, 0.15) is 21.6 Å². The topological polar surface area (TPSA) is 67.8 Å². The molecule has 0 amide bonds. The van der Waals surface area contributed by atoms with E-state index in [1.165, 1.54) is 24.0 Å². The monoisotopic (exact) mass is 453 g/mol. The van der Waals surface area contributed by atoms with Crippen LogP contribution in [0, 0.1) is 0 Å². The van der Waals surface area contributed by atoms with Crippen LogP contribution in [-0.4, -0.2) is 18.1 Å². The molecule has 0 saturated carbocycles. The molecule has 162 valence electrons. The molecule has 0 fully saturated rings. The largest absolute Gasteiger partial charge is 0.465 e. The molecule has 2 heterocycles. The van der Waals surface area contributed by atoms with E-state index in [4.69, 9.17) is 9.72 Å². The fraction of sp³-hybridized carbons (Fsp3) is 0.115. The first kappa shape index (κ1) is 20.9. The molecule has 3 aromatic carbocycles. The molecule has 0 atom stereocenters. The third-order valence-corrected chi connectivity index (χ3v) is 6.32. The summed E-state index contributed by atoms with van der Waals surface area (Å²) in [5, 5.41) is 10.5. The van der Waals surface area contributed by atoms with E-state index in [0.29, 0.717) is 16.3 Å². The van der Waals surface area contributed by atoms with Crippen LogP contribution in [0.3, 0.4) is 0 Å². The highest BCUT2D eigenvalue weighted by molar-refractivity contribution is 7.12. The quantitative estimate of drug-likeness (QED) is 0.132. The molecule has 0 aliphatic rings. The number of thiophene rings is 1. The van der Waals surface area contributed by atoms with E-state index < -0.39 is 5.97 Å². The number of para-hydroxylation sites is 1. The third-order valence-electron chi connectivity index (χ3n) is 5.43. The van der Waals surface area contributed by atoms with Crippen molar-refractivity contribution >= 4 is 50.7 Å². The number of aryl methyl sites for hydroxylation is 1. The zero-order valence-corrected chi connectivity index (χ0v) is 19.0. The van der Waals surface area contributed by atoms with Crippen molar-refractivity contribution in [2.75, 3.05) is 7.11 Å². The number of methoxy groups -OCH3 is 1. The molecular formula is C26H21N4O2S+. The van der Waals surface area contributed by atoms with Gasteiger partial charge < -0.3 is 4.74 Å². The maximum atomic E-state index is 11.9. The van der Waals surface area contributed by atoms with Crippen LogP contribution in [0.2, 0.25) is 0 Å². The number of hydrogen-bond donors (Lipinski definition) is 0. The number of nitrogens with zero attached hydrogens (tertiary/aromatic N) is 4. The molecule has 5 aromatic rings. The van der Waals surface area contributed by atoms with Gasteiger partial charge in [-0.05, 0) is 41.6 Å². The zero-order valence-electron chi connectivity index (χ0n) is 18.2. The first-order valence-corrected chi connectivity index (χ1v) is 11.5. The number of hydrogen-bond acceptors (Lipinski definition) is 6. The maximum absolute atomic E-state index is 11.9. The SMILES string of the molecule is CCc1ccc2nc3ccc(N=Nc4ccsc4C(=O)OC)cc3[n+](-c3ccccc3)c2c1. The third kappa shape index (κ3) is 3.99. The summed E-state index contributed by atoms with van der Waals surface area (Å²) >= 11 is 1.28. The Morgan fingerprint density at radius 2 is 1.73 bits per heavy atom. The van der Waals surface area contributed by atoms with Gasteiger partial charge in [0, 0.05) is 24.3 Å². The number of benzene rings is 3. The van der Waals surface area contributed by atoms with Crippen molar-refractivity contribution in [3.8, 4) is 5.69 Å². The van der Waals surface area contributed by atoms with E-state index in [1.807, 2.05) is 36.4 Å². The summed E-state index contributed by atoms with van der Waals surface area (Å²) in [6, 6.07) is 24.2. The van der Waals surface area contributed by atoms with E-state index in [-0.39, 0.29) is 0 Å². The van der Waals surface area contributed by atoms with Gasteiger partial charge >= 0.3 is 5.97 Å². The van der Waals surface area contributed by atoms with Gasteiger partial charge in [0.2, 0.25) is 16.7 Å². The molecule has 0 spiro atoms. The Bertz CT molecular complexity index is 1510. The molecule has 0 radical (unpaired) electrons. The molecule has 0 bridgehead atoms. The number of carbonyl (C=O) groups excluding carboxylic acids is 1. The molecule has 0 aliphatic carbocycles. The number of carbonyl (C=O) groups is 1. The summed E-state index contributed by atoms with van der Waals surface area (Å²) in [4.78, 5) is 17.3. The van der Waals surface area contributed by atoms with Gasteiger partial charge in [-0.3, -0.25) is 0 Å². The molecular weight excluding hydrogens is 432 g/mol. The van der Waals surface area contributed by atoms with Crippen molar-refractivity contribution in [1.82, 2.24) is 4.98 Å². The van der Waals surface area contributed by atoms with Crippen molar-refractivity contribution in [2.24, 2.45) is 10.2 Å². The van der Waals surface area contributed by atoms with Crippen LogP contribution in [0.15, 0.2) is 88.4 Å². The highest BCUT2D eigenvalue weighted by Gasteiger charge is 2.20.